The van der Waals surface area contributed by atoms with Crippen LogP contribution in [0.2, 0.25) is 0 Å². The lowest BCUT2D eigenvalue weighted by atomic mass is 10.0. The van der Waals surface area contributed by atoms with Crippen molar-refractivity contribution in [2.75, 3.05) is 0 Å². The minimum absolute atomic E-state index is 0.0676. The van der Waals surface area contributed by atoms with Gasteiger partial charge in [0.2, 0.25) is 0 Å². The van der Waals surface area contributed by atoms with Crippen molar-refractivity contribution in [2.45, 2.75) is 47.0 Å². The smallest absolute Gasteiger partial charge is 0.314 e. The third-order valence-corrected chi connectivity index (χ3v) is 3.80. The third-order valence-electron chi connectivity index (χ3n) is 3.80. The lowest BCUT2D eigenvalue weighted by molar-refractivity contribution is -0.136. The Bertz CT molecular complexity index is 472. The number of esters is 1. The van der Waals surface area contributed by atoms with Gasteiger partial charge in [0, 0.05) is 0 Å². The first-order chi connectivity index (χ1) is 8.31. The number of ether oxygens (including phenoxy) is 1. The van der Waals surface area contributed by atoms with Gasteiger partial charge in [-0.25, -0.2) is 0 Å². The summed E-state index contributed by atoms with van der Waals surface area (Å²) in [6.07, 6.45) is 0.939. The summed E-state index contributed by atoms with van der Waals surface area (Å²) in [7, 11) is 0. The minimum Gasteiger partial charge on any atom is -0.426 e. The van der Waals surface area contributed by atoms with E-state index in [1.807, 2.05) is 13.0 Å². The lowest BCUT2D eigenvalue weighted by Crippen LogP contribution is -2.15. The molecule has 1 aromatic carbocycles. The SMILES string of the molecule is Cc1ccc(C(C)C)c(OC(=O)C2CC2(C)C)c1. The van der Waals surface area contributed by atoms with Crippen molar-refractivity contribution in [3.63, 3.8) is 0 Å². The number of hydrogen-bond acceptors (Lipinski definition) is 2. The van der Waals surface area contributed by atoms with Crippen molar-refractivity contribution in [3.05, 3.63) is 29.3 Å². The van der Waals surface area contributed by atoms with E-state index >= 15 is 0 Å². The molecule has 1 aliphatic rings. The first-order valence-electron chi connectivity index (χ1n) is 6.63. The Hall–Kier alpha value is -1.31. The van der Waals surface area contributed by atoms with Crippen molar-refractivity contribution in [3.8, 4) is 5.75 Å². The van der Waals surface area contributed by atoms with Crippen LogP contribution in [0.5, 0.6) is 5.75 Å². The van der Waals surface area contributed by atoms with Crippen molar-refractivity contribution in [2.24, 2.45) is 11.3 Å². The van der Waals surface area contributed by atoms with Crippen LogP contribution in [0, 0.1) is 18.3 Å². The predicted molar refractivity (Wildman–Crippen MR) is 72.8 cm³/mol. The van der Waals surface area contributed by atoms with Gasteiger partial charge < -0.3 is 4.74 Å². The summed E-state index contributed by atoms with van der Waals surface area (Å²) < 4.78 is 5.61. The topological polar surface area (TPSA) is 26.3 Å². The van der Waals surface area contributed by atoms with E-state index in [0.717, 1.165) is 23.3 Å². The number of rotatable bonds is 3. The number of carbonyl (C=O) groups excluding carboxylic acids is 1. The zero-order valence-corrected chi connectivity index (χ0v) is 11.9. The van der Waals surface area contributed by atoms with E-state index in [4.69, 9.17) is 4.74 Å². The van der Waals surface area contributed by atoms with Gasteiger partial charge in [-0.1, -0.05) is 39.8 Å². The predicted octanol–water partition coefficient (Wildman–Crippen LogP) is 4.07. The van der Waals surface area contributed by atoms with Gasteiger partial charge in [-0.15, -0.1) is 0 Å². The lowest BCUT2D eigenvalue weighted by Gasteiger charge is -2.14. The molecule has 0 aliphatic heterocycles. The molecule has 0 bridgehead atoms. The first kappa shape index (κ1) is 13.1. The van der Waals surface area contributed by atoms with Gasteiger partial charge >= 0.3 is 5.97 Å². The van der Waals surface area contributed by atoms with Crippen molar-refractivity contribution < 1.29 is 9.53 Å². The molecule has 1 aromatic rings. The quantitative estimate of drug-likeness (QED) is 0.593. The fourth-order valence-electron chi connectivity index (χ4n) is 2.26. The summed E-state index contributed by atoms with van der Waals surface area (Å²) in [5.74, 6) is 1.09. The summed E-state index contributed by atoms with van der Waals surface area (Å²) in [6, 6.07) is 6.08. The Balaban J connectivity index is 2.18. The Morgan fingerprint density at radius 2 is 2.00 bits per heavy atom. The van der Waals surface area contributed by atoms with Gasteiger partial charge in [-0.3, -0.25) is 4.79 Å². The van der Waals surface area contributed by atoms with Crippen molar-refractivity contribution in [1.82, 2.24) is 0 Å². The molecule has 1 unspecified atom stereocenters. The van der Waals surface area contributed by atoms with E-state index in [9.17, 15) is 4.79 Å². The van der Waals surface area contributed by atoms with Crippen LogP contribution in [-0.2, 0) is 4.79 Å². The number of carbonyl (C=O) groups is 1. The molecule has 1 fully saturated rings. The fourth-order valence-corrected chi connectivity index (χ4v) is 2.26. The van der Waals surface area contributed by atoms with Gasteiger partial charge in [0.15, 0.2) is 0 Å². The highest BCUT2D eigenvalue weighted by Gasteiger charge is 2.52. The second-order valence-corrected chi connectivity index (χ2v) is 6.36. The van der Waals surface area contributed by atoms with E-state index < -0.39 is 0 Å². The van der Waals surface area contributed by atoms with Crippen LogP contribution < -0.4 is 4.74 Å². The number of aryl methyl sites for hydroxylation is 1. The average Bonchev–Trinajstić information content (AvgIpc) is 2.87. The summed E-state index contributed by atoms with van der Waals surface area (Å²) in [4.78, 5) is 12.1. The molecule has 0 saturated heterocycles. The molecule has 0 amide bonds. The molecule has 2 heteroatoms. The van der Waals surface area contributed by atoms with Crippen molar-refractivity contribution in [1.29, 1.82) is 0 Å². The van der Waals surface area contributed by atoms with Crippen LogP contribution in [0.15, 0.2) is 18.2 Å². The van der Waals surface area contributed by atoms with E-state index in [2.05, 4.69) is 39.8 Å². The van der Waals surface area contributed by atoms with Gasteiger partial charge in [-0.05, 0) is 41.9 Å². The normalized spacial score (nSPS) is 20.9. The van der Waals surface area contributed by atoms with Gasteiger partial charge in [0.1, 0.15) is 5.75 Å². The molecule has 18 heavy (non-hydrogen) atoms. The first-order valence-corrected chi connectivity index (χ1v) is 6.63. The number of hydrogen-bond donors (Lipinski definition) is 0. The van der Waals surface area contributed by atoms with Crippen LogP contribution in [-0.4, -0.2) is 5.97 Å². The zero-order valence-electron chi connectivity index (χ0n) is 11.9. The highest BCUT2D eigenvalue weighted by atomic mass is 16.5. The minimum atomic E-state index is -0.0764. The largest absolute Gasteiger partial charge is 0.426 e. The van der Waals surface area contributed by atoms with E-state index in [1.165, 1.54) is 0 Å². The maximum Gasteiger partial charge on any atom is 0.314 e. The van der Waals surface area contributed by atoms with E-state index in [1.54, 1.807) is 0 Å². The Morgan fingerprint density at radius 1 is 1.39 bits per heavy atom. The monoisotopic (exact) mass is 246 g/mol. The molecular formula is C16H22O2. The van der Waals surface area contributed by atoms with E-state index in [0.29, 0.717) is 5.92 Å². The molecule has 0 aromatic heterocycles. The maximum atomic E-state index is 12.1. The molecule has 0 N–H and O–H groups in total. The van der Waals surface area contributed by atoms with Gasteiger partial charge in [0.25, 0.3) is 0 Å². The fraction of sp³-hybridized carbons (Fsp3) is 0.562. The molecule has 2 rings (SSSR count). The maximum absolute atomic E-state index is 12.1. The Kier molecular flexibility index (Phi) is 3.22. The molecule has 0 heterocycles. The summed E-state index contributed by atoms with van der Waals surface area (Å²) in [5, 5.41) is 0. The van der Waals surface area contributed by atoms with Gasteiger partial charge in [0.05, 0.1) is 5.92 Å². The standard InChI is InChI=1S/C16H22O2/c1-10(2)12-7-6-11(3)8-14(12)18-15(17)13-9-16(13,4)5/h6-8,10,13H,9H2,1-5H3. The summed E-state index contributed by atoms with van der Waals surface area (Å²) >= 11 is 0. The highest BCUT2D eigenvalue weighted by molar-refractivity contribution is 5.79. The van der Waals surface area contributed by atoms with Crippen LogP contribution in [0.1, 0.15) is 51.2 Å². The van der Waals surface area contributed by atoms with Crippen LogP contribution in [0.4, 0.5) is 0 Å². The van der Waals surface area contributed by atoms with Crippen LogP contribution >= 0.6 is 0 Å². The highest BCUT2D eigenvalue weighted by Crippen LogP contribution is 2.52. The average molecular weight is 246 g/mol. The second-order valence-electron chi connectivity index (χ2n) is 6.36. The molecule has 1 atom stereocenters. The molecule has 98 valence electrons. The zero-order chi connectivity index (χ0) is 13.5. The van der Waals surface area contributed by atoms with Gasteiger partial charge in [-0.2, -0.15) is 0 Å². The van der Waals surface area contributed by atoms with Crippen LogP contribution in [0.25, 0.3) is 0 Å². The van der Waals surface area contributed by atoms with Crippen molar-refractivity contribution >= 4 is 5.97 Å². The summed E-state index contributed by atoms with van der Waals surface area (Å²) in [5.41, 5.74) is 2.35. The Morgan fingerprint density at radius 3 is 2.50 bits per heavy atom. The molecule has 0 spiro atoms. The third kappa shape index (κ3) is 2.58. The molecule has 2 nitrogen and oxygen atoms in total. The molecular weight excluding hydrogens is 224 g/mol. The molecule has 0 radical (unpaired) electrons. The molecule has 1 saturated carbocycles. The Labute approximate surface area is 109 Å². The number of benzene rings is 1. The second kappa shape index (κ2) is 4.42. The molecule has 1 aliphatic carbocycles. The van der Waals surface area contributed by atoms with E-state index in [-0.39, 0.29) is 17.3 Å². The summed E-state index contributed by atoms with van der Waals surface area (Å²) in [6.45, 7) is 10.5. The van der Waals surface area contributed by atoms with Crippen LogP contribution in [0.3, 0.4) is 0 Å².